The van der Waals surface area contributed by atoms with Gasteiger partial charge in [0.2, 0.25) is 5.91 Å². The molecule has 0 radical (unpaired) electrons. The van der Waals surface area contributed by atoms with Crippen molar-refractivity contribution in [2.24, 2.45) is 5.92 Å². The second-order valence-electron chi connectivity index (χ2n) is 9.56. The van der Waals surface area contributed by atoms with Crippen molar-refractivity contribution in [1.29, 1.82) is 0 Å². The van der Waals surface area contributed by atoms with E-state index in [-0.39, 0.29) is 11.8 Å². The first-order valence-electron chi connectivity index (χ1n) is 13.4. The average Bonchev–Trinajstić information content (AvgIpc) is 3.22. The zero-order chi connectivity index (χ0) is 25.2. The number of rotatable bonds is 13. The molecular weight excluding hydrogens is 438 g/mol. The van der Waals surface area contributed by atoms with E-state index < -0.39 is 0 Å². The lowest BCUT2D eigenvalue weighted by atomic mass is 9.97. The van der Waals surface area contributed by atoms with Crippen molar-refractivity contribution >= 4 is 11.7 Å². The van der Waals surface area contributed by atoms with E-state index in [9.17, 15) is 4.79 Å². The molecule has 1 aromatic heterocycles. The molecule has 2 aromatic rings. The molecule has 35 heavy (non-hydrogen) atoms. The summed E-state index contributed by atoms with van der Waals surface area (Å²) in [4.78, 5) is 20.6. The summed E-state index contributed by atoms with van der Waals surface area (Å²) >= 11 is 0. The second kappa shape index (κ2) is 13.6. The molecule has 1 amide bonds. The van der Waals surface area contributed by atoms with Gasteiger partial charge in [0, 0.05) is 51.3 Å². The predicted octanol–water partition coefficient (Wildman–Crippen LogP) is 4.51. The van der Waals surface area contributed by atoms with Gasteiger partial charge in [-0.15, -0.1) is 0 Å². The number of ether oxygens (including phenoxy) is 1. The number of benzene rings is 1. The smallest absolute Gasteiger partial charge is 0.226 e. The van der Waals surface area contributed by atoms with Gasteiger partial charge in [0.1, 0.15) is 5.82 Å². The van der Waals surface area contributed by atoms with Gasteiger partial charge in [-0.05, 0) is 38.4 Å². The molecule has 7 heteroatoms. The zero-order valence-electron chi connectivity index (χ0n) is 22.5. The van der Waals surface area contributed by atoms with Crippen LogP contribution in [0.1, 0.15) is 57.7 Å². The molecule has 2 heterocycles. The van der Waals surface area contributed by atoms with Gasteiger partial charge in [-0.2, -0.15) is 5.10 Å². The number of nitrogens with zero attached hydrogens (tertiary/aromatic N) is 5. The summed E-state index contributed by atoms with van der Waals surface area (Å²) in [5, 5.41) is 4.99. The van der Waals surface area contributed by atoms with E-state index in [1.165, 1.54) is 0 Å². The average molecular weight is 484 g/mol. The van der Waals surface area contributed by atoms with Crippen molar-refractivity contribution in [3.05, 3.63) is 41.6 Å². The highest BCUT2D eigenvalue weighted by Gasteiger charge is 2.29. The lowest BCUT2D eigenvalue weighted by molar-refractivity contribution is -0.137. The van der Waals surface area contributed by atoms with E-state index in [1.54, 1.807) is 7.11 Å². The van der Waals surface area contributed by atoms with Gasteiger partial charge in [-0.25, -0.2) is 4.68 Å². The summed E-state index contributed by atoms with van der Waals surface area (Å²) < 4.78 is 7.48. The molecule has 1 fully saturated rings. The lowest BCUT2D eigenvalue weighted by Crippen LogP contribution is -2.47. The molecule has 1 aliphatic rings. The van der Waals surface area contributed by atoms with Crippen LogP contribution in [0.2, 0.25) is 0 Å². The Hall–Kier alpha value is -2.38. The quantitative estimate of drug-likeness (QED) is 0.419. The van der Waals surface area contributed by atoms with Crippen molar-refractivity contribution in [2.75, 3.05) is 57.9 Å². The Labute approximate surface area is 212 Å². The Morgan fingerprint density at radius 2 is 1.83 bits per heavy atom. The predicted molar refractivity (Wildman–Crippen MR) is 143 cm³/mol. The monoisotopic (exact) mass is 483 g/mol. The Balaban J connectivity index is 1.97. The van der Waals surface area contributed by atoms with E-state index in [0.717, 1.165) is 81.2 Å². The van der Waals surface area contributed by atoms with Crippen molar-refractivity contribution in [3.8, 4) is 5.69 Å². The molecule has 0 spiro atoms. The summed E-state index contributed by atoms with van der Waals surface area (Å²) in [6.07, 6.45) is 4.01. The van der Waals surface area contributed by atoms with E-state index >= 15 is 0 Å². The number of aromatic nitrogens is 2. The molecule has 1 saturated heterocycles. The highest BCUT2D eigenvalue weighted by Crippen LogP contribution is 2.30. The van der Waals surface area contributed by atoms with Crippen LogP contribution in [0, 0.1) is 12.8 Å². The Morgan fingerprint density at radius 1 is 1.11 bits per heavy atom. The maximum absolute atomic E-state index is 13.7. The van der Waals surface area contributed by atoms with Crippen LogP contribution < -0.4 is 4.90 Å². The van der Waals surface area contributed by atoms with Crippen LogP contribution in [0.3, 0.4) is 0 Å². The van der Waals surface area contributed by atoms with Gasteiger partial charge in [-0.1, -0.05) is 51.8 Å². The van der Waals surface area contributed by atoms with Gasteiger partial charge < -0.3 is 19.4 Å². The van der Waals surface area contributed by atoms with Crippen molar-refractivity contribution in [2.45, 2.75) is 59.9 Å². The van der Waals surface area contributed by atoms with Crippen LogP contribution in [-0.4, -0.2) is 78.5 Å². The largest absolute Gasteiger partial charge is 0.383 e. The van der Waals surface area contributed by atoms with Crippen LogP contribution in [0.25, 0.3) is 5.69 Å². The van der Waals surface area contributed by atoms with Gasteiger partial charge >= 0.3 is 0 Å². The van der Waals surface area contributed by atoms with E-state index in [0.29, 0.717) is 19.7 Å². The van der Waals surface area contributed by atoms with Crippen LogP contribution in [0.4, 0.5) is 5.82 Å². The van der Waals surface area contributed by atoms with Crippen molar-refractivity contribution in [3.63, 3.8) is 0 Å². The Morgan fingerprint density at radius 3 is 2.43 bits per heavy atom. The van der Waals surface area contributed by atoms with Crippen molar-refractivity contribution < 1.29 is 9.53 Å². The molecule has 1 unspecified atom stereocenters. The number of likely N-dealkylation sites (N-methyl/N-ethyl adjacent to an activating group) is 1. The highest BCUT2D eigenvalue weighted by atomic mass is 16.5. The zero-order valence-corrected chi connectivity index (χ0v) is 22.5. The topological polar surface area (TPSA) is 53.8 Å². The number of para-hydroxylation sites is 1. The molecule has 194 valence electrons. The normalized spacial score (nSPS) is 15.4. The SMILES string of the molecule is CCCCC(CC)C(=O)N(CCOC)Cc1c(C)nn(-c2ccccc2)c1N1CCN(CC)CC1. The maximum Gasteiger partial charge on any atom is 0.226 e. The first-order valence-corrected chi connectivity index (χ1v) is 13.4. The minimum Gasteiger partial charge on any atom is -0.383 e. The summed E-state index contributed by atoms with van der Waals surface area (Å²) in [7, 11) is 1.70. The molecule has 0 aliphatic carbocycles. The van der Waals surface area contributed by atoms with Crippen molar-refractivity contribution in [1.82, 2.24) is 19.6 Å². The first kappa shape index (κ1) is 27.2. The highest BCUT2D eigenvalue weighted by molar-refractivity contribution is 5.79. The molecule has 1 aromatic carbocycles. The molecule has 3 rings (SSSR count). The number of aryl methyl sites for hydroxylation is 1. The minimum absolute atomic E-state index is 0.0628. The van der Waals surface area contributed by atoms with Crippen LogP contribution in [0.15, 0.2) is 30.3 Å². The summed E-state index contributed by atoms with van der Waals surface area (Å²) in [5.74, 6) is 1.43. The number of unbranched alkanes of at least 4 members (excludes halogenated alkanes) is 1. The second-order valence-corrected chi connectivity index (χ2v) is 9.56. The van der Waals surface area contributed by atoms with E-state index in [2.05, 4.69) is 66.4 Å². The first-order chi connectivity index (χ1) is 17.0. The fraction of sp³-hybridized carbons (Fsp3) is 0.643. The van der Waals surface area contributed by atoms with Gasteiger partial charge in [-0.3, -0.25) is 4.79 Å². The molecule has 0 N–H and O–H groups in total. The molecule has 0 saturated carbocycles. The maximum atomic E-state index is 13.7. The van der Waals surface area contributed by atoms with E-state index in [4.69, 9.17) is 9.84 Å². The van der Waals surface area contributed by atoms with Crippen LogP contribution in [0.5, 0.6) is 0 Å². The summed E-state index contributed by atoms with van der Waals surface area (Å²) in [6, 6.07) is 10.4. The van der Waals surface area contributed by atoms with Gasteiger partial charge in [0.25, 0.3) is 0 Å². The third-order valence-electron chi connectivity index (χ3n) is 7.25. The summed E-state index contributed by atoms with van der Waals surface area (Å²) in [6.45, 7) is 15.4. The molecule has 1 aliphatic heterocycles. The number of amides is 1. The van der Waals surface area contributed by atoms with Crippen LogP contribution >= 0.6 is 0 Å². The number of carbonyl (C=O) groups is 1. The number of carbonyl (C=O) groups excluding carboxylic acids is 1. The van der Waals surface area contributed by atoms with Crippen LogP contribution in [-0.2, 0) is 16.1 Å². The fourth-order valence-corrected chi connectivity index (χ4v) is 4.95. The van der Waals surface area contributed by atoms with E-state index in [1.807, 2.05) is 11.0 Å². The fourth-order valence-electron chi connectivity index (χ4n) is 4.95. The third kappa shape index (κ3) is 6.85. The molecule has 1 atom stereocenters. The summed E-state index contributed by atoms with van der Waals surface area (Å²) in [5.41, 5.74) is 3.19. The Kier molecular flexibility index (Phi) is 10.6. The molecule has 0 bridgehead atoms. The Bertz CT molecular complexity index is 906. The molecular formula is C28H45N5O2. The molecule has 7 nitrogen and oxygen atoms in total. The minimum atomic E-state index is 0.0628. The van der Waals surface area contributed by atoms with Gasteiger partial charge in [0.15, 0.2) is 0 Å². The number of hydrogen-bond donors (Lipinski definition) is 0. The number of methoxy groups -OCH3 is 1. The number of anilines is 1. The number of hydrogen-bond acceptors (Lipinski definition) is 5. The standard InChI is InChI=1S/C28H45N5O2/c1-6-9-13-24(7-2)28(34)32(20-21-35-5)22-26-23(4)29-33(25-14-11-10-12-15-25)27(26)31-18-16-30(8-3)17-19-31/h10-12,14-15,24H,6-9,13,16-22H2,1-5H3. The van der Waals surface area contributed by atoms with Gasteiger partial charge in [0.05, 0.1) is 24.5 Å². The number of piperazine rings is 1. The lowest BCUT2D eigenvalue weighted by Gasteiger charge is -2.36. The third-order valence-corrected chi connectivity index (χ3v) is 7.25.